The van der Waals surface area contributed by atoms with E-state index in [1.807, 2.05) is 20.8 Å². The van der Waals surface area contributed by atoms with Crippen LogP contribution in [0.2, 0.25) is 0 Å². The molecule has 0 saturated carbocycles. The summed E-state index contributed by atoms with van der Waals surface area (Å²) >= 11 is 1.35. The number of halogens is 3. The van der Waals surface area contributed by atoms with Crippen molar-refractivity contribution in [2.45, 2.75) is 71.3 Å². The summed E-state index contributed by atoms with van der Waals surface area (Å²) in [4.78, 5) is 19.8. The van der Waals surface area contributed by atoms with Crippen LogP contribution in [0.25, 0.3) is 0 Å². The van der Waals surface area contributed by atoms with Crippen LogP contribution in [0.1, 0.15) is 71.3 Å². The number of hydrogen-bond donors (Lipinski definition) is 1. The van der Waals surface area contributed by atoms with E-state index >= 15 is 0 Å². The average molecular weight is 442 g/mol. The zero-order valence-corrected chi connectivity index (χ0v) is 18.3. The standard InChI is InChI=1S/C20H26F3N5OS/c1-10(2)13-8-16(20(21,22)23)28-17(25-13)9-14(26-28)15-6-5-7-27(15)19(29)18-11(3)24-12(4)30-18/h9-10,13,15-16,25H,5-8H2,1-4H3/t13-,15?,16+/m0/s1. The molecule has 0 aromatic carbocycles. The minimum absolute atomic E-state index is 0.0536. The second-order valence-corrected chi connectivity index (χ2v) is 9.69. The molecule has 1 amide bonds. The number of anilines is 1. The van der Waals surface area contributed by atoms with Gasteiger partial charge in [-0.3, -0.25) is 4.79 Å². The number of thiazole rings is 1. The molecule has 0 bridgehead atoms. The van der Waals surface area contributed by atoms with Gasteiger partial charge < -0.3 is 10.2 Å². The molecule has 1 N–H and O–H groups in total. The van der Waals surface area contributed by atoms with Gasteiger partial charge in [0.2, 0.25) is 0 Å². The molecule has 0 radical (unpaired) electrons. The lowest BCUT2D eigenvalue weighted by Gasteiger charge is -2.35. The second-order valence-electron chi connectivity index (χ2n) is 8.49. The van der Waals surface area contributed by atoms with Gasteiger partial charge in [0.25, 0.3) is 5.91 Å². The Hall–Kier alpha value is -2.10. The Balaban J connectivity index is 1.66. The third-order valence-corrected chi connectivity index (χ3v) is 7.06. The van der Waals surface area contributed by atoms with Crippen LogP contribution in [-0.2, 0) is 0 Å². The third-order valence-electron chi connectivity index (χ3n) is 6.00. The summed E-state index contributed by atoms with van der Waals surface area (Å²) in [5.41, 5.74) is 1.21. The van der Waals surface area contributed by atoms with Crippen molar-refractivity contribution < 1.29 is 18.0 Å². The van der Waals surface area contributed by atoms with E-state index < -0.39 is 12.2 Å². The molecule has 6 nitrogen and oxygen atoms in total. The topological polar surface area (TPSA) is 63.1 Å². The Morgan fingerprint density at radius 2 is 2.07 bits per heavy atom. The number of alkyl halides is 3. The minimum atomic E-state index is -4.38. The lowest BCUT2D eigenvalue weighted by atomic mass is 9.94. The second kappa shape index (κ2) is 7.55. The van der Waals surface area contributed by atoms with Gasteiger partial charge in [-0.25, -0.2) is 9.67 Å². The number of aryl methyl sites for hydroxylation is 2. The molecule has 4 heterocycles. The summed E-state index contributed by atoms with van der Waals surface area (Å²) in [5.74, 6) is 0.317. The number of nitrogens with zero attached hydrogens (tertiary/aromatic N) is 4. The normalized spacial score (nSPS) is 24.3. The maximum absolute atomic E-state index is 13.8. The highest BCUT2D eigenvalue weighted by Crippen LogP contribution is 2.43. The maximum atomic E-state index is 13.8. The van der Waals surface area contributed by atoms with E-state index in [0.717, 1.165) is 16.1 Å². The minimum Gasteiger partial charge on any atom is -0.367 e. The van der Waals surface area contributed by atoms with Gasteiger partial charge >= 0.3 is 6.18 Å². The fourth-order valence-electron chi connectivity index (χ4n) is 4.40. The fraction of sp³-hybridized carbons (Fsp3) is 0.650. The van der Waals surface area contributed by atoms with Crippen molar-refractivity contribution in [3.8, 4) is 0 Å². The zero-order valence-electron chi connectivity index (χ0n) is 17.5. The molecule has 30 heavy (non-hydrogen) atoms. The average Bonchev–Trinajstić information content (AvgIpc) is 3.36. The SMILES string of the molecule is Cc1nc(C)c(C(=O)N2CCCC2c2cc3n(n2)[C@@H](C(F)(F)F)C[C@@H](C(C)C)N3)s1. The monoisotopic (exact) mass is 441 g/mol. The predicted molar refractivity (Wildman–Crippen MR) is 109 cm³/mol. The fourth-order valence-corrected chi connectivity index (χ4v) is 5.28. The van der Waals surface area contributed by atoms with E-state index in [4.69, 9.17) is 0 Å². The summed E-state index contributed by atoms with van der Waals surface area (Å²) in [6.45, 7) is 8.05. The summed E-state index contributed by atoms with van der Waals surface area (Å²) in [5, 5.41) is 8.40. The quantitative estimate of drug-likeness (QED) is 0.738. The Bertz CT molecular complexity index is 951. The molecule has 0 aliphatic carbocycles. The van der Waals surface area contributed by atoms with E-state index in [-0.39, 0.29) is 30.3 Å². The van der Waals surface area contributed by atoms with Crippen LogP contribution in [0.5, 0.6) is 0 Å². The number of aromatic nitrogens is 3. The molecule has 1 unspecified atom stereocenters. The Morgan fingerprint density at radius 3 is 2.67 bits per heavy atom. The first-order chi connectivity index (χ1) is 14.1. The highest BCUT2D eigenvalue weighted by Gasteiger charge is 2.47. The van der Waals surface area contributed by atoms with Gasteiger partial charge in [0.05, 0.1) is 22.4 Å². The molecule has 4 rings (SSSR count). The number of likely N-dealkylation sites (tertiary alicyclic amines) is 1. The molecule has 2 aromatic heterocycles. The van der Waals surface area contributed by atoms with Crippen molar-refractivity contribution >= 4 is 23.1 Å². The number of carbonyl (C=O) groups excluding carboxylic acids is 1. The van der Waals surface area contributed by atoms with E-state index in [2.05, 4.69) is 15.4 Å². The third kappa shape index (κ3) is 3.70. The van der Waals surface area contributed by atoms with Crippen molar-refractivity contribution in [3.05, 3.63) is 27.3 Å². The number of hydrogen-bond acceptors (Lipinski definition) is 5. The summed E-state index contributed by atoms with van der Waals surface area (Å²) in [7, 11) is 0. The summed E-state index contributed by atoms with van der Waals surface area (Å²) in [6.07, 6.45) is -2.96. The van der Waals surface area contributed by atoms with Gasteiger partial charge in [-0.05, 0) is 39.0 Å². The van der Waals surface area contributed by atoms with Gasteiger partial charge in [-0.15, -0.1) is 11.3 Å². The molecule has 10 heteroatoms. The smallest absolute Gasteiger partial charge is 0.367 e. The summed E-state index contributed by atoms with van der Waals surface area (Å²) < 4.78 is 42.3. The van der Waals surface area contributed by atoms with Crippen LogP contribution in [0.15, 0.2) is 6.07 Å². The van der Waals surface area contributed by atoms with Crippen LogP contribution in [0.3, 0.4) is 0 Å². The van der Waals surface area contributed by atoms with Gasteiger partial charge in [-0.2, -0.15) is 18.3 Å². The lowest BCUT2D eigenvalue weighted by Crippen LogP contribution is -2.41. The molecule has 3 atom stereocenters. The molecule has 1 fully saturated rings. The van der Waals surface area contributed by atoms with Gasteiger partial charge in [-0.1, -0.05) is 13.8 Å². The zero-order chi connectivity index (χ0) is 21.8. The Morgan fingerprint density at radius 1 is 1.33 bits per heavy atom. The first-order valence-electron chi connectivity index (χ1n) is 10.2. The first kappa shape index (κ1) is 21.1. The Kier molecular flexibility index (Phi) is 5.32. The van der Waals surface area contributed by atoms with E-state index in [9.17, 15) is 18.0 Å². The first-order valence-corrected chi connectivity index (χ1v) is 11.1. The molecule has 164 valence electrons. The molecule has 2 aliphatic heterocycles. The Labute approximate surface area is 177 Å². The number of carbonyl (C=O) groups is 1. The van der Waals surface area contributed by atoms with Crippen LogP contribution in [-0.4, -0.2) is 44.3 Å². The highest BCUT2D eigenvalue weighted by molar-refractivity contribution is 7.13. The number of rotatable bonds is 3. The molecule has 1 saturated heterocycles. The van der Waals surface area contributed by atoms with Crippen LogP contribution >= 0.6 is 11.3 Å². The van der Waals surface area contributed by atoms with Gasteiger partial charge in [0.1, 0.15) is 10.7 Å². The summed E-state index contributed by atoms with van der Waals surface area (Å²) in [6, 6.07) is -0.579. The van der Waals surface area contributed by atoms with Crippen molar-refractivity contribution in [1.82, 2.24) is 19.7 Å². The van der Waals surface area contributed by atoms with Gasteiger partial charge in [0, 0.05) is 18.7 Å². The maximum Gasteiger partial charge on any atom is 0.410 e. The molecular formula is C20H26F3N5OS. The van der Waals surface area contributed by atoms with Crippen molar-refractivity contribution in [1.29, 1.82) is 0 Å². The molecule has 2 aliphatic rings. The largest absolute Gasteiger partial charge is 0.410 e. The van der Waals surface area contributed by atoms with E-state index in [0.29, 0.717) is 35.0 Å². The number of fused-ring (bicyclic) bond motifs is 1. The molecule has 2 aromatic rings. The van der Waals surface area contributed by atoms with Crippen LogP contribution in [0, 0.1) is 19.8 Å². The van der Waals surface area contributed by atoms with Crippen LogP contribution in [0.4, 0.5) is 19.0 Å². The predicted octanol–water partition coefficient (Wildman–Crippen LogP) is 4.88. The van der Waals surface area contributed by atoms with Crippen LogP contribution < -0.4 is 5.32 Å². The van der Waals surface area contributed by atoms with Crippen molar-refractivity contribution in [2.75, 3.05) is 11.9 Å². The molecular weight excluding hydrogens is 415 g/mol. The molecule has 0 spiro atoms. The van der Waals surface area contributed by atoms with E-state index in [1.165, 1.54) is 11.3 Å². The lowest BCUT2D eigenvalue weighted by molar-refractivity contribution is -0.174. The van der Waals surface area contributed by atoms with Crippen molar-refractivity contribution in [3.63, 3.8) is 0 Å². The van der Waals surface area contributed by atoms with Crippen molar-refractivity contribution in [2.24, 2.45) is 5.92 Å². The highest BCUT2D eigenvalue weighted by atomic mass is 32.1. The van der Waals surface area contributed by atoms with Gasteiger partial charge in [0.15, 0.2) is 6.04 Å². The van der Waals surface area contributed by atoms with E-state index in [1.54, 1.807) is 17.9 Å². The number of nitrogens with one attached hydrogen (secondary N) is 1. The number of amides is 1.